The Kier molecular flexibility index (Phi) is 5.51. The van der Waals surface area contributed by atoms with Crippen molar-refractivity contribution in [3.8, 4) is 12.1 Å². The molecule has 0 radical (unpaired) electrons. The Balaban J connectivity index is 2.89. The van der Waals surface area contributed by atoms with Crippen molar-refractivity contribution < 1.29 is 4.74 Å². The molecule has 17 heavy (non-hydrogen) atoms. The van der Waals surface area contributed by atoms with Crippen LogP contribution >= 0.6 is 0 Å². The third kappa shape index (κ3) is 4.10. The van der Waals surface area contributed by atoms with Crippen LogP contribution in [0.4, 0.5) is 0 Å². The second-order valence-corrected chi connectivity index (χ2v) is 3.53. The van der Waals surface area contributed by atoms with E-state index in [1.165, 1.54) is 0 Å². The monoisotopic (exact) mass is 226 g/mol. The average molecular weight is 226 g/mol. The van der Waals surface area contributed by atoms with Crippen molar-refractivity contribution in [2.45, 2.75) is 20.0 Å². The van der Waals surface area contributed by atoms with Gasteiger partial charge in [-0.25, -0.2) is 0 Å². The van der Waals surface area contributed by atoms with Gasteiger partial charge in [0.2, 0.25) is 0 Å². The summed E-state index contributed by atoms with van der Waals surface area (Å²) in [5.41, 5.74) is 1.96. The first-order chi connectivity index (χ1) is 8.31. The number of hydrogen-bond acceptors (Lipinski definition) is 3. The van der Waals surface area contributed by atoms with Gasteiger partial charge in [0.1, 0.15) is 17.7 Å². The molecule has 86 valence electrons. The summed E-state index contributed by atoms with van der Waals surface area (Å²) in [6, 6.07) is 11.3. The molecule has 1 aromatic carbocycles. The highest BCUT2D eigenvalue weighted by atomic mass is 16.5. The Morgan fingerprint density at radius 2 is 2.00 bits per heavy atom. The zero-order valence-corrected chi connectivity index (χ0v) is 9.81. The molecule has 0 saturated carbocycles. The van der Waals surface area contributed by atoms with E-state index < -0.39 is 0 Å². The van der Waals surface area contributed by atoms with E-state index in [4.69, 9.17) is 15.3 Å². The predicted octanol–water partition coefficient (Wildman–Crippen LogP) is 3.04. The molecule has 0 unspecified atom stereocenters. The van der Waals surface area contributed by atoms with Gasteiger partial charge in [-0.1, -0.05) is 31.2 Å². The lowest BCUT2D eigenvalue weighted by molar-refractivity contribution is 0.121. The Morgan fingerprint density at radius 1 is 1.29 bits per heavy atom. The van der Waals surface area contributed by atoms with Crippen LogP contribution in [0.1, 0.15) is 24.5 Å². The van der Waals surface area contributed by atoms with Crippen LogP contribution < -0.4 is 0 Å². The molecule has 0 aliphatic heterocycles. The Bertz CT molecular complexity index is 462. The van der Waals surface area contributed by atoms with Gasteiger partial charge < -0.3 is 4.74 Å². The highest BCUT2D eigenvalue weighted by molar-refractivity contribution is 5.64. The summed E-state index contributed by atoms with van der Waals surface area (Å²) < 4.78 is 5.46. The fourth-order valence-corrected chi connectivity index (χ4v) is 1.38. The maximum atomic E-state index is 8.72. The molecule has 0 saturated heterocycles. The number of nitrogens with zero attached hydrogens (tertiary/aromatic N) is 2. The van der Waals surface area contributed by atoms with Crippen molar-refractivity contribution in [3.05, 3.63) is 41.0 Å². The number of benzene rings is 1. The van der Waals surface area contributed by atoms with Crippen molar-refractivity contribution >= 4 is 6.08 Å². The lowest BCUT2D eigenvalue weighted by Crippen LogP contribution is -1.96. The molecule has 0 N–H and O–H groups in total. The molecule has 0 aliphatic rings. The number of rotatable bonds is 5. The van der Waals surface area contributed by atoms with E-state index in [0.717, 1.165) is 17.5 Å². The maximum Gasteiger partial charge on any atom is 0.130 e. The minimum atomic E-state index is 0.105. The summed E-state index contributed by atoms with van der Waals surface area (Å²) in [6.45, 7) is 3.27. The minimum Gasteiger partial charge on any atom is -0.377 e. The van der Waals surface area contributed by atoms with Gasteiger partial charge in [0, 0.05) is 6.61 Å². The molecule has 1 rings (SSSR count). The lowest BCUT2D eigenvalue weighted by Gasteiger charge is -2.06. The maximum absolute atomic E-state index is 8.72. The smallest absolute Gasteiger partial charge is 0.130 e. The first-order valence-electron chi connectivity index (χ1n) is 5.49. The summed E-state index contributed by atoms with van der Waals surface area (Å²) >= 11 is 0. The van der Waals surface area contributed by atoms with Gasteiger partial charge in [-0.3, -0.25) is 0 Å². The zero-order chi connectivity index (χ0) is 12.5. The van der Waals surface area contributed by atoms with Crippen LogP contribution in [0, 0.1) is 22.7 Å². The van der Waals surface area contributed by atoms with Gasteiger partial charge in [0.25, 0.3) is 0 Å². The molecule has 1 aromatic rings. The molecule has 0 heterocycles. The molecular formula is C14H14N2O. The molecular weight excluding hydrogens is 212 g/mol. The highest BCUT2D eigenvalue weighted by Crippen LogP contribution is 2.14. The summed E-state index contributed by atoms with van der Waals surface area (Å²) in [4.78, 5) is 0. The van der Waals surface area contributed by atoms with Crippen molar-refractivity contribution in [2.24, 2.45) is 0 Å². The number of nitriles is 2. The van der Waals surface area contributed by atoms with E-state index >= 15 is 0 Å². The summed E-state index contributed by atoms with van der Waals surface area (Å²) in [7, 11) is 0. The molecule has 0 amide bonds. The highest BCUT2D eigenvalue weighted by Gasteiger charge is 2.01. The summed E-state index contributed by atoms with van der Waals surface area (Å²) in [5, 5.41) is 17.4. The van der Waals surface area contributed by atoms with E-state index in [-0.39, 0.29) is 5.57 Å². The van der Waals surface area contributed by atoms with Crippen molar-refractivity contribution in [2.75, 3.05) is 6.61 Å². The number of hydrogen-bond donors (Lipinski definition) is 0. The van der Waals surface area contributed by atoms with Crippen molar-refractivity contribution in [1.82, 2.24) is 0 Å². The van der Waals surface area contributed by atoms with Crippen molar-refractivity contribution in [1.29, 1.82) is 10.5 Å². The Labute approximate surface area is 102 Å². The molecule has 0 fully saturated rings. The zero-order valence-electron chi connectivity index (χ0n) is 9.81. The van der Waals surface area contributed by atoms with E-state index in [9.17, 15) is 0 Å². The fraction of sp³-hybridized carbons (Fsp3) is 0.286. The van der Waals surface area contributed by atoms with Crippen LogP contribution in [0.25, 0.3) is 6.08 Å². The molecule has 0 aliphatic carbocycles. The molecule has 0 aromatic heterocycles. The molecule has 3 heteroatoms. The topological polar surface area (TPSA) is 56.8 Å². The van der Waals surface area contributed by atoms with Gasteiger partial charge in [-0.2, -0.15) is 10.5 Å². The van der Waals surface area contributed by atoms with Crippen molar-refractivity contribution in [3.63, 3.8) is 0 Å². The third-order valence-electron chi connectivity index (χ3n) is 2.20. The SMILES string of the molecule is CCCOCc1ccccc1C=C(C#N)C#N. The third-order valence-corrected chi connectivity index (χ3v) is 2.20. The normalized spacial score (nSPS) is 9.12. The quantitative estimate of drug-likeness (QED) is 0.572. The molecule has 0 atom stereocenters. The minimum absolute atomic E-state index is 0.105. The van der Waals surface area contributed by atoms with E-state index in [0.29, 0.717) is 13.2 Å². The second-order valence-electron chi connectivity index (χ2n) is 3.53. The lowest BCUT2D eigenvalue weighted by atomic mass is 10.1. The van der Waals surface area contributed by atoms with Crippen LogP contribution in [-0.2, 0) is 11.3 Å². The van der Waals surface area contributed by atoms with E-state index in [2.05, 4.69) is 6.92 Å². The summed E-state index contributed by atoms with van der Waals surface area (Å²) in [5.74, 6) is 0. The number of allylic oxidation sites excluding steroid dienone is 1. The van der Waals surface area contributed by atoms with E-state index in [1.807, 2.05) is 36.4 Å². The molecule has 3 nitrogen and oxygen atoms in total. The number of ether oxygens (including phenoxy) is 1. The second kappa shape index (κ2) is 7.22. The van der Waals surface area contributed by atoms with Gasteiger partial charge >= 0.3 is 0 Å². The van der Waals surface area contributed by atoms with Crippen LogP contribution in [0.5, 0.6) is 0 Å². The molecule has 0 spiro atoms. The average Bonchev–Trinajstić information content (AvgIpc) is 2.38. The van der Waals surface area contributed by atoms with Crippen LogP contribution in [0.3, 0.4) is 0 Å². The van der Waals surface area contributed by atoms with Crippen LogP contribution in [-0.4, -0.2) is 6.61 Å². The van der Waals surface area contributed by atoms with Crippen LogP contribution in [0.15, 0.2) is 29.8 Å². The Morgan fingerprint density at radius 3 is 2.65 bits per heavy atom. The van der Waals surface area contributed by atoms with Gasteiger partial charge in [0.15, 0.2) is 0 Å². The summed E-state index contributed by atoms with van der Waals surface area (Å²) in [6.07, 6.45) is 2.56. The largest absolute Gasteiger partial charge is 0.377 e. The standard InChI is InChI=1S/C14H14N2O/c1-2-7-17-11-14-6-4-3-5-13(14)8-12(9-15)10-16/h3-6,8H,2,7,11H2,1H3. The van der Waals surface area contributed by atoms with Gasteiger partial charge in [-0.05, 0) is 23.6 Å². The van der Waals surface area contributed by atoms with Gasteiger partial charge in [0.05, 0.1) is 6.61 Å². The van der Waals surface area contributed by atoms with Gasteiger partial charge in [-0.15, -0.1) is 0 Å². The molecule has 0 bridgehead atoms. The van der Waals surface area contributed by atoms with Crippen LogP contribution in [0.2, 0.25) is 0 Å². The Hall–Kier alpha value is -2.10. The van der Waals surface area contributed by atoms with E-state index in [1.54, 1.807) is 6.08 Å². The first kappa shape index (κ1) is 13.0. The first-order valence-corrected chi connectivity index (χ1v) is 5.49. The fourth-order valence-electron chi connectivity index (χ4n) is 1.38. The predicted molar refractivity (Wildman–Crippen MR) is 65.6 cm³/mol.